The zero-order valence-electron chi connectivity index (χ0n) is 10.6. The van der Waals surface area contributed by atoms with Gasteiger partial charge in [0.1, 0.15) is 12.1 Å². The summed E-state index contributed by atoms with van der Waals surface area (Å²) in [6.07, 6.45) is 3.17. The van der Waals surface area contributed by atoms with Crippen LogP contribution in [0.2, 0.25) is 0 Å². The van der Waals surface area contributed by atoms with Gasteiger partial charge in [-0.25, -0.2) is 9.97 Å². The maximum Gasteiger partial charge on any atom is 0.252 e. The van der Waals surface area contributed by atoms with Gasteiger partial charge in [0.15, 0.2) is 5.76 Å². The SMILES string of the molecule is COc1cc(-c2ccncn2)ccc1-c1cc(O)no1. The molecule has 0 amide bonds. The molecule has 0 aliphatic heterocycles. The Hall–Kier alpha value is -2.89. The summed E-state index contributed by atoms with van der Waals surface area (Å²) in [7, 11) is 1.57. The molecule has 0 aliphatic carbocycles. The van der Waals surface area contributed by atoms with E-state index in [1.807, 2.05) is 24.3 Å². The van der Waals surface area contributed by atoms with Crippen LogP contribution in [0.4, 0.5) is 0 Å². The molecule has 0 aliphatic rings. The monoisotopic (exact) mass is 269 g/mol. The molecule has 3 aromatic rings. The van der Waals surface area contributed by atoms with E-state index in [0.717, 1.165) is 11.3 Å². The molecule has 0 radical (unpaired) electrons. The van der Waals surface area contributed by atoms with Crippen LogP contribution in [0.3, 0.4) is 0 Å². The summed E-state index contributed by atoms with van der Waals surface area (Å²) in [4.78, 5) is 8.08. The Morgan fingerprint density at radius 2 is 2.10 bits per heavy atom. The van der Waals surface area contributed by atoms with Crippen molar-refractivity contribution in [1.82, 2.24) is 15.1 Å². The van der Waals surface area contributed by atoms with Crippen LogP contribution in [0, 0.1) is 0 Å². The van der Waals surface area contributed by atoms with E-state index in [1.54, 1.807) is 13.3 Å². The largest absolute Gasteiger partial charge is 0.496 e. The highest BCUT2D eigenvalue weighted by Gasteiger charge is 2.13. The van der Waals surface area contributed by atoms with Crippen molar-refractivity contribution >= 4 is 0 Å². The number of benzene rings is 1. The number of hydrogen-bond donors (Lipinski definition) is 1. The third kappa shape index (κ3) is 2.18. The number of ether oxygens (including phenoxy) is 1. The van der Waals surface area contributed by atoms with Gasteiger partial charge in [-0.2, -0.15) is 0 Å². The number of hydrogen-bond acceptors (Lipinski definition) is 6. The highest BCUT2D eigenvalue weighted by molar-refractivity contribution is 5.72. The lowest BCUT2D eigenvalue weighted by atomic mass is 10.1. The third-order valence-electron chi connectivity index (χ3n) is 2.84. The molecule has 6 heteroatoms. The van der Waals surface area contributed by atoms with Crippen molar-refractivity contribution < 1.29 is 14.4 Å². The minimum Gasteiger partial charge on any atom is -0.496 e. The van der Waals surface area contributed by atoms with E-state index in [2.05, 4.69) is 15.1 Å². The molecule has 2 heterocycles. The van der Waals surface area contributed by atoms with E-state index >= 15 is 0 Å². The Balaban J connectivity index is 2.07. The van der Waals surface area contributed by atoms with Crippen LogP contribution < -0.4 is 4.74 Å². The normalized spacial score (nSPS) is 10.4. The van der Waals surface area contributed by atoms with E-state index in [-0.39, 0.29) is 5.88 Å². The molecule has 0 saturated heterocycles. The molecular formula is C14H11N3O3. The summed E-state index contributed by atoms with van der Waals surface area (Å²) >= 11 is 0. The molecule has 2 aromatic heterocycles. The topological polar surface area (TPSA) is 81.3 Å². The first kappa shape index (κ1) is 12.2. The molecule has 0 unspecified atom stereocenters. The summed E-state index contributed by atoms with van der Waals surface area (Å²) in [5.74, 6) is 0.882. The molecule has 0 atom stereocenters. The van der Waals surface area contributed by atoms with E-state index < -0.39 is 0 Å². The fourth-order valence-corrected chi connectivity index (χ4v) is 1.91. The minimum atomic E-state index is -0.165. The molecule has 0 spiro atoms. The third-order valence-corrected chi connectivity index (χ3v) is 2.84. The van der Waals surface area contributed by atoms with Crippen LogP contribution in [0.25, 0.3) is 22.6 Å². The van der Waals surface area contributed by atoms with Gasteiger partial charge in [-0.3, -0.25) is 0 Å². The van der Waals surface area contributed by atoms with E-state index in [9.17, 15) is 5.11 Å². The fourth-order valence-electron chi connectivity index (χ4n) is 1.91. The standard InChI is InChI=1S/C14H11N3O3/c1-19-12-6-9(11-4-5-15-8-16-11)2-3-10(12)13-7-14(18)17-20-13/h2-8H,1H3,(H,17,18). The summed E-state index contributed by atoms with van der Waals surface area (Å²) in [6, 6.07) is 8.81. The van der Waals surface area contributed by atoms with Gasteiger partial charge in [0.25, 0.3) is 5.88 Å². The number of nitrogens with zero attached hydrogens (tertiary/aromatic N) is 3. The van der Waals surface area contributed by atoms with Crippen molar-refractivity contribution in [2.24, 2.45) is 0 Å². The highest BCUT2D eigenvalue weighted by Crippen LogP contribution is 2.34. The Bertz CT molecular complexity index is 726. The van der Waals surface area contributed by atoms with Gasteiger partial charge in [-0.05, 0) is 23.4 Å². The lowest BCUT2D eigenvalue weighted by Gasteiger charge is -2.08. The Kier molecular flexibility index (Phi) is 3.04. The van der Waals surface area contributed by atoms with Crippen molar-refractivity contribution in [2.75, 3.05) is 7.11 Å². The summed E-state index contributed by atoms with van der Waals surface area (Å²) in [5, 5.41) is 12.7. The number of aromatic nitrogens is 3. The average molecular weight is 269 g/mol. The van der Waals surface area contributed by atoms with Crippen molar-refractivity contribution in [3.05, 3.63) is 42.9 Å². The van der Waals surface area contributed by atoms with Gasteiger partial charge in [-0.1, -0.05) is 6.07 Å². The quantitative estimate of drug-likeness (QED) is 0.786. The second-order valence-electron chi connectivity index (χ2n) is 4.06. The Labute approximate surface area is 114 Å². The molecular weight excluding hydrogens is 258 g/mol. The first-order chi connectivity index (χ1) is 9.78. The zero-order valence-corrected chi connectivity index (χ0v) is 10.6. The van der Waals surface area contributed by atoms with Gasteiger partial charge in [0, 0.05) is 17.8 Å². The minimum absolute atomic E-state index is 0.165. The van der Waals surface area contributed by atoms with Crippen LogP contribution in [-0.4, -0.2) is 27.3 Å². The van der Waals surface area contributed by atoms with Crippen LogP contribution in [0.5, 0.6) is 11.6 Å². The molecule has 0 saturated carbocycles. The predicted octanol–water partition coefficient (Wildman–Crippen LogP) is 2.51. The molecule has 20 heavy (non-hydrogen) atoms. The molecule has 0 fully saturated rings. The summed E-state index contributed by atoms with van der Waals surface area (Å²) < 4.78 is 10.4. The molecule has 0 bridgehead atoms. The summed E-state index contributed by atoms with van der Waals surface area (Å²) in [6.45, 7) is 0. The van der Waals surface area contributed by atoms with E-state index in [1.165, 1.54) is 12.4 Å². The molecule has 1 N–H and O–H groups in total. The summed E-state index contributed by atoms with van der Waals surface area (Å²) in [5.41, 5.74) is 2.40. The second kappa shape index (κ2) is 5.00. The van der Waals surface area contributed by atoms with E-state index in [0.29, 0.717) is 17.1 Å². The first-order valence-corrected chi connectivity index (χ1v) is 5.88. The first-order valence-electron chi connectivity index (χ1n) is 5.88. The fraction of sp³-hybridized carbons (Fsp3) is 0.0714. The van der Waals surface area contributed by atoms with Gasteiger partial charge >= 0.3 is 0 Å². The Morgan fingerprint density at radius 3 is 2.75 bits per heavy atom. The average Bonchev–Trinajstić information content (AvgIpc) is 2.94. The zero-order chi connectivity index (χ0) is 13.9. The van der Waals surface area contributed by atoms with Crippen LogP contribution in [0.15, 0.2) is 47.4 Å². The lowest BCUT2D eigenvalue weighted by molar-refractivity contribution is 0.363. The number of rotatable bonds is 3. The second-order valence-corrected chi connectivity index (χ2v) is 4.06. The Morgan fingerprint density at radius 1 is 1.20 bits per heavy atom. The van der Waals surface area contributed by atoms with Crippen molar-refractivity contribution in [1.29, 1.82) is 0 Å². The van der Waals surface area contributed by atoms with Crippen molar-refractivity contribution in [3.8, 4) is 34.2 Å². The van der Waals surface area contributed by atoms with Crippen LogP contribution in [0.1, 0.15) is 0 Å². The van der Waals surface area contributed by atoms with Gasteiger partial charge < -0.3 is 14.4 Å². The molecule has 1 aromatic carbocycles. The van der Waals surface area contributed by atoms with Crippen LogP contribution >= 0.6 is 0 Å². The van der Waals surface area contributed by atoms with E-state index in [4.69, 9.17) is 9.26 Å². The molecule has 100 valence electrons. The van der Waals surface area contributed by atoms with Gasteiger partial charge in [0.2, 0.25) is 0 Å². The van der Waals surface area contributed by atoms with Gasteiger partial charge in [-0.15, -0.1) is 0 Å². The smallest absolute Gasteiger partial charge is 0.252 e. The van der Waals surface area contributed by atoms with Crippen LogP contribution in [-0.2, 0) is 0 Å². The van der Waals surface area contributed by atoms with Crippen molar-refractivity contribution in [3.63, 3.8) is 0 Å². The van der Waals surface area contributed by atoms with Crippen molar-refractivity contribution in [2.45, 2.75) is 0 Å². The maximum atomic E-state index is 9.25. The molecule has 3 rings (SSSR count). The number of methoxy groups -OCH3 is 1. The number of aromatic hydroxyl groups is 1. The molecule has 6 nitrogen and oxygen atoms in total. The predicted molar refractivity (Wildman–Crippen MR) is 71.2 cm³/mol. The lowest BCUT2D eigenvalue weighted by Crippen LogP contribution is -1.90. The van der Waals surface area contributed by atoms with Gasteiger partial charge in [0.05, 0.1) is 18.4 Å². The highest BCUT2D eigenvalue weighted by atomic mass is 16.5. The maximum absolute atomic E-state index is 9.25.